The van der Waals surface area contributed by atoms with Crippen LogP contribution in [0.25, 0.3) is 0 Å². The predicted molar refractivity (Wildman–Crippen MR) is 36.4 cm³/mol. The van der Waals surface area contributed by atoms with Crippen molar-refractivity contribution in [2.45, 2.75) is 25.4 Å². The zero-order valence-corrected chi connectivity index (χ0v) is 5.35. The van der Waals surface area contributed by atoms with Gasteiger partial charge in [0.1, 0.15) is 13.6 Å². The Bertz CT molecular complexity index is 80.5. The van der Waals surface area contributed by atoms with Crippen LogP contribution in [0.4, 0.5) is 0 Å². The van der Waals surface area contributed by atoms with Crippen molar-refractivity contribution in [1.82, 2.24) is 0 Å². The molecule has 0 bridgehead atoms. The molecule has 41 valence electrons. The van der Waals surface area contributed by atoms with E-state index in [2.05, 4.69) is 0 Å². The first-order valence-corrected chi connectivity index (χ1v) is 2.63. The molecule has 0 unspecified atom stereocenters. The van der Waals surface area contributed by atoms with Crippen LogP contribution >= 0.6 is 0 Å². The third kappa shape index (κ3) is 2.89. The standard InChI is InChI=1S/C5H9B2O/c1-5(2,3-8)7-4-6/h3H,4H2,1-2H3. The summed E-state index contributed by atoms with van der Waals surface area (Å²) < 4.78 is 0. The first-order valence-electron chi connectivity index (χ1n) is 2.63. The number of aldehydes is 1. The van der Waals surface area contributed by atoms with Crippen LogP contribution in [0.15, 0.2) is 0 Å². The van der Waals surface area contributed by atoms with Gasteiger partial charge in [-0.1, -0.05) is 13.8 Å². The van der Waals surface area contributed by atoms with E-state index in [1.54, 1.807) is 7.28 Å². The van der Waals surface area contributed by atoms with Crippen molar-refractivity contribution in [2.75, 3.05) is 0 Å². The van der Waals surface area contributed by atoms with E-state index < -0.39 is 0 Å². The first kappa shape index (κ1) is 7.80. The van der Waals surface area contributed by atoms with Gasteiger partial charge in [0.2, 0.25) is 0 Å². The zero-order valence-electron chi connectivity index (χ0n) is 5.35. The van der Waals surface area contributed by atoms with Crippen molar-refractivity contribution in [2.24, 2.45) is 0 Å². The fourth-order valence-corrected chi connectivity index (χ4v) is 0.352. The van der Waals surface area contributed by atoms with Crippen molar-refractivity contribution in [3.63, 3.8) is 0 Å². The van der Waals surface area contributed by atoms with Gasteiger partial charge in [0.15, 0.2) is 0 Å². The molecule has 3 radical (unpaired) electrons. The van der Waals surface area contributed by atoms with Gasteiger partial charge in [-0.3, -0.25) is 0 Å². The fraction of sp³-hybridized carbons (Fsp3) is 0.800. The molecule has 0 aliphatic heterocycles. The molecule has 0 saturated carbocycles. The van der Waals surface area contributed by atoms with Crippen molar-refractivity contribution >= 4 is 21.4 Å². The fourth-order valence-electron chi connectivity index (χ4n) is 0.352. The van der Waals surface area contributed by atoms with E-state index in [1.165, 1.54) is 0 Å². The Kier molecular flexibility index (Phi) is 2.88. The minimum atomic E-state index is -0.339. The van der Waals surface area contributed by atoms with Gasteiger partial charge in [-0.25, -0.2) is 0 Å². The average molecular weight is 107 g/mol. The van der Waals surface area contributed by atoms with E-state index in [0.717, 1.165) is 6.29 Å². The third-order valence-electron chi connectivity index (χ3n) is 0.948. The number of hydrogen-bond acceptors (Lipinski definition) is 1. The second-order valence-electron chi connectivity index (χ2n) is 2.38. The van der Waals surface area contributed by atoms with E-state index in [0.29, 0.717) is 6.22 Å². The lowest BCUT2D eigenvalue weighted by molar-refractivity contribution is -0.109. The summed E-state index contributed by atoms with van der Waals surface area (Å²) in [7, 11) is 6.95. The van der Waals surface area contributed by atoms with Gasteiger partial charge >= 0.3 is 0 Å². The van der Waals surface area contributed by atoms with Crippen molar-refractivity contribution < 1.29 is 4.79 Å². The molecule has 8 heavy (non-hydrogen) atoms. The highest BCUT2D eigenvalue weighted by Gasteiger charge is 2.14. The van der Waals surface area contributed by atoms with Crippen molar-refractivity contribution in [3.8, 4) is 0 Å². The minimum absolute atomic E-state index is 0.339. The third-order valence-corrected chi connectivity index (χ3v) is 0.948. The second-order valence-corrected chi connectivity index (χ2v) is 2.38. The molecule has 0 N–H and O–H groups in total. The van der Waals surface area contributed by atoms with Gasteiger partial charge in [0.25, 0.3) is 0 Å². The molecule has 3 heteroatoms. The van der Waals surface area contributed by atoms with Gasteiger partial charge in [0, 0.05) is 0 Å². The molecule has 0 saturated heterocycles. The van der Waals surface area contributed by atoms with Crippen LogP contribution in [0, 0.1) is 0 Å². The molecule has 0 aromatic rings. The topological polar surface area (TPSA) is 17.1 Å². The lowest BCUT2D eigenvalue weighted by atomic mass is 9.49. The van der Waals surface area contributed by atoms with E-state index in [-0.39, 0.29) is 5.31 Å². The highest BCUT2D eigenvalue weighted by molar-refractivity contribution is 6.53. The molecule has 0 rings (SSSR count). The number of carbonyl (C=O) groups excluding carboxylic acids is 1. The lowest BCUT2D eigenvalue weighted by Gasteiger charge is -2.12. The molecule has 0 fully saturated rings. The Labute approximate surface area is 52.5 Å². The van der Waals surface area contributed by atoms with E-state index in [9.17, 15) is 4.79 Å². The van der Waals surface area contributed by atoms with Crippen LogP contribution in [-0.2, 0) is 4.79 Å². The SMILES string of the molecule is [B]C[B]C(C)(C)C=O. The predicted octanol–water partition coefficient (Wildman–Crippen LogP) is 0.632. The smallest absolute Gasteiger partial charge is 0.117 e. The Morgan fingerprint density at radius 2 is 2.25 bits per heavy atom. The number of carbonyl (C=O) groups is 1. The summed E-state index contributed by atoms with van der Waals surface area (Å²) >= 11 is 0. The Morgan fingerprint density at radius 1 is 1.75 bits per heavy atom. The maximum atomic E-state index is 10.1. The minimum Gasteiger partial charge on any atom is -0.304 e. The largest absolute Gasteiger partial charge is 0.304 e. The number of rotatable bonds is 3. The summed E-state index contributed by atoms with van der Waals surface area (Å²) in [6.45, 7) is 3.65. The maximum Gasteiger partial charge on any atom is 0.117 e. The summed E-state index contributed by atoms with van der Waals surface area (Å²) in [5.41, 5.74) is 0. The van der Waals surface area contributed by atoms with Gasteiger partial charge in [-0.2, -0.15) is 0 Å². The van der Waals surface area contributed by atoms with E-state index in [1.807, 2.05) is 13.8 Å². The highest BCUT2D eigenvalue weighted by atomic mass is 16.1. The first-order chi connectivity index (χ1) is 3.62. The molecular formula is C5H9B2O. The van der Waals surface area contributed by atoms with Crippen LogP contribution in [0.2, 0.25) is 11.5 Å². The van der Waals surface area contributed by atoms with E-state index in [4.69, 9.17) is 7.85 Å². The van der Waals surface area contributed by atoms with Crippen LogP contribution in [0.5, 0.6) is 0 Å². The average Bonchev–Trinajstić information content (AvgIpc) is 1.67. The molecule has 0 aliphatic rings. The normalized spacial score (nSPS) is 10.8. The monoisotopic (exact) mass is 107 g/mol. The van der Waals surface area contributed by atoms with Crippen LogP contribution < -0.4 is 0 Å². The Hall–Kier alpha value is -0.200. The molecule has 0 aromatic heterocycles. The molecule has 0 atom stereocenters. The molecule has 0 aliphatic carbocycles. The maximum absolute atomic E-state index is 10.1. The molecule has 0 spiro atoms. The van der Waals surface area contributed by atoms with Gasteiger partial charge in [0.05, 0.1) is 7.85 Å². The molecule has 0 aromatic carbocycles. The van der Waals surface area contributed by atoms with Gasteiger partial charge < -0.3 is 4.79 Å². The van der Waals surface area contributed by atoms with E-state index >= 15 is 0 Å². The summed E-state index contributed by atoms with van der Waals surface area (Å²) in [4.78, 5) is 10.1. The van der Waals surface area contributed by atoms with Gasteiger partial charge in [-0.05, 0) is 5.31 Å². The Balaban J connectivity index is 3.53. The summed E-state index contributed by atoms with van der Waals surface area (Å²) in [6.07, 6.45) is 1.35. The second kappa shape index (κ2) is 2.95. The highest BCUT2D eigenvalue weighted by Crippen LogP contribution is 2.17. The van der Waals surface area contributed by atoms with Crippen LogP contribution in [0.1, 0.15) is 13.8 Å². The Morgan fingerprint density at radius 3 is 2.38 bits per heavy atom. The number of hydrogen-bond donors (Lipinski definition) is 0. The van der Waals surface area contributed by atoms with Gasteiger partial charge in [-0.15, -0.1) is 6.22 Å². The van der Waals surface area contributed by atoms with Crippen molar-refractivity contribution in [1.29, 1.82) is 0 Å². The summed E-state index contributed by atoms with van der Waals surface area (Å²) in [5.74, 6) is 0. The quantitative estimate of drug-likeness (QED) is 0.381. The van der Waals surface area contributed by atoms with Crippen LogP contribution in [-0.4, -0.2) is 21.4 Å². The van der Waals surface area contributed by atoms with Crippen LogP contribution in [0.3, 0.4) is 0 Å². The summed E-state index contributed by atoms with van der Waals surface area (Å²) in [6, 6.07) is 0. The lowest BCUT2D eigenvalue weighted by Crippen LogP contribution is -2.13. The summed E-state index contributed by atoms with van der Waals surface area (Å²) in [5, 5.41) is -0.339. The van der Waals surface area contributed by atoms with Crippen molar-refractivity contribution in [3.05, 3.63) is 0 Å². The zero-order chi connectivity index (χ0) is 6.62. The molecular weight excluding hydrogens is 97.7 g/mol. The molecule has 1 nitrogen and oxygen atoms in total. The molecule has 0 amide bonds. The molecule has 0 heterocycles.